The number of benzene rings is 2. The molecule has 202 valence electrons. The van der Waals surface area contributed by atoms with Crippen LogP contribution in [0.2, 0.25) is 0 Å². The fourth-order valence-electron chi connectivity index (χ4n) is 5.75. The van der Waals surface area contributed by atoms with Crippen LogP contribution in [0, 0.1) is 22.8 Å². The van der Waals surface area contributed by atoms with E-state index in [1.165, 1.54) is 39.8 Å². The Labute approximate surface area is 228 Å². The Bertz CT molecular complexity index is 1640. The van der Waals surface area contributed by atoms with Gasteiger partial charge in [-0.2, -0.15) is 14.8 Å². The number of anilines is 1. The van der Waals surface area contributed by atoms with Crippen molar-refractivity contribution in [3.63, 3.8) is 0 Å². The van der Waals surface area contributed by atoms with Gasteiger partial charge in [-0.25, -0.2) is 22.1 Å². The van der Waals surface area contributed by atoms with E-state index >= 15 is 0 Å². The van der Waals surface area contributed by atoms with E-state index in [1.807, 2.05) is 6.07 Å². The van der Waals surface area contributed by atoms with Gasteiger partial charge in [-0.05, 0) is 85.8 Å². The van der Waals surface area contributed by atoms with E-state index in [4.69, 9.17) is 0 Å². The van der Waals surface area contributed by atoms with Crippen molar-refractivity contribution in [2.24, 2.45) is 4.36 Å². The van der Waals surface area contributed by atoms with Crippen molar-refractivity contribution in [3.8, 4) is 12.3 Å². The van der Waals surface area contributed by atoms with Crippen LogP contribution in [0.5, 0.6) is 0 Å². The van der Waals surface area contributed by atoms with Crippen LogP contribution in [0.1, 0.15) is 53.5 Å². The van der Waals surface area contributed by atoms with Crippen molar-refractivity contribution in [3.05, 3.63) is 69.6 Å². The molecule has 2 amide bonds. The minimum atomic E-state index is -4.01. The van der Waals surface area contributed by atoms with Gasteiger partial charge in [-0.1, -0.05) is 28.6 Å². The summed E-state index contributed by atoms with van der Waals surface area (Å²) < 4.78 is 47.3. The van der Waals surface area contributed by atoms with E-state index in [0.29, 0.717) is 12.8 Å². The van der Waals surface area contributed by atoms with Crippen molar-refractivity contribution < 1.29 is 17.4 Å². The zero-order valence-electron chi connectivity index (χ0n) is 21.2. The number of rotatable bonds is 6. The highest BCUT2D eigenvalue weighted by molar-refractivity contribution is 7.95. The lowest BCUT2D eigenvalue weighted by atomic mass is 9.99. The fourth-order valence-corrected chi connectivity index (χ4v) is 8.55. The summed E-state index contributed by atoms with van der Waals surface area (Å²) in [6, 6.07) is 8.68. The number of hydrogen-bond donors (Lipinski definition) is 2. The molecule has 0 radical (unpaired) electrons. The van der Waals surface area contributed by atoms with E-state index in [9.17, 15) is 27.9 Å². The highest BCUT2D eigenvalue weighted by atomic mass is 32.2. The van der Waals surface area contributed by atoms with E-state index in [2.05, 4.69) is 20.5 Å². The average Bonchev–Trinajstić information content (AvgIpc) is 3.68. The predicted molar refractivity (Wildman–Crippen MR) is 146 cm³/mol. The number of carbonyl (C=O) groups excluding carboxylic acids is 1. The molecule has 0 bridgehead atoms. The first kappa shape index (κ1) is 26.9. The van der Waals surface area contributed by atoms with Crippen molar-refractivity contribution in [1.29, 1.82) is 10.5 Å². The van der Waals surface area contributed by atoms with Crippen LogP contribution in [-0.2, 0) is 45.6 Å². The zero-order valence-corrected chi connectivity index (χ0v) is 22.9. The summed E-state index contributed by atoms with van der Waals surface area (Å²) in [6.07, 6.45) is 9.57. The second-order valence-electron chi connectivity index (χ2n) is 9.81. The minimum Gasteiger partial charge on any atom is -0.307 e. The standard InChI is InChI=1S/C27H28N6O4S2/c28-17-21-6-1-2-12-25(21)39(36,37)33-14-5-9-22(33)13-15-38(35,30-18-29)32-27(34)31-26-23-10-3-7-19(23)16-20-8-4-11-24(20)26/h1-2,6,12-13,15-16,22H,3-5,7-11,14H2,(H2,30,31,32,34,35)/b15-13+/t22-,38?/m1/s1. The molecule has 12 heteroatoms. The van der Waals surface area contributed by atoms with Gasteiger partial charge in [-0.15, -0.1) is 0 Å². The van der Waals surface area contributed by atoms with Crippen LogP contribution in [0.3, 0.4) is 0 Å². The second kappa shape index (κ2) is 10.8. The molecule has 3 aliphatic rings. The quantitative estimate of drug-likeness (QED) is 0.507. The van der Waals surface area contributed by atoms with Gasteiger partial charge in [0, 0.05) is 23.7 Å². The third kappa shape index (κ3) is 5.28. The number of nitrogens with one attached hydrogen (secondary N) is 2. The molecule has 39 heavy (non-hydrogen) atoms. The SMILES string of the molecule is N#CN=S(=O)(/C=C/[C@H]1CCCN1S(=O)(=O)c1ccccc1C#N)NC(=O)Nc1c2c(cc3c1CCC3)CCC2. The fraction of sp³-hybridized carbons (Fsp3) is 0.370. The molecule has 2 aromatic carbocycles. The van der Waals surface area contributed by atoms with Gasteiger partial charge in [0.1, 0.15) is 6.07 Å². The van der Waals surface area contributed by atoms with Crippen molar-refractivity contribution in [1.82, 2.24) is 9.03 Å². The largest absolute Gasteiger partial charge is 0.331 e. The third-order valence-electron chi connectivity index (χ3n) is 7.45. The number of carbonyl (C=O) groups is 1. The molecule has 2 atom stereocenters. The molecular weight excluding hydrogens is 536 g/mol. The van der Waals surface area contributed by atoms with E-state index < -0.39 is 32.0 Å². The highest BCUT2D eigenvalue weighted by Crippen LogP contribution is 2.38. The topological polar surface area (TPSA) is 156 Å². The maximum atomic E-state index is 13.5. The van der Waals surface area contributed by atoms with E-state index in [0.717, 1.165) is 60.7 Å². The first-order valence-corrected chi connectivity index (χ1v) is 15.9. The number of fused-ring (bicyclic) bond motifs is 2. The van der Waals surface area contributed by atoms with Crippen LogP contribution in [0.4, 0.5) is 10.5 Å². The molecular formula is C27H28N6O4S2. The molecule has 2 N–H and O–H groups in total. The lowest BCUT2D eigenvalue weighted by molar-refractivity contribution is 0.257. The molecule has 0 saturated carbocycles. The molecule has 10 nitrogen and oxygen atoms in total. The Morgan fingerprint density at radius 1 is 1.03 bits per heavy atom. The summed E-state index contributed by atoms with van der Waals surface area (Å²) in [5, 5.41) is 22.6. The molecule has 1 heterocycles. The van der Waals surface area contributed by atoms with E-state index in [-0.39, 0.29) is 17.0 Å². The van der Waals surface area contributed by atoms with Gasteiger partial charge < -0.3 is 5.32 Å². The molecule has 5 rings (SSSR count). The first-order valence-electron chi connectivity index (χ1n) is 12.9. The van der Waals surface area contributed by atoms with Crippen LogP contribution >= 0.6 is 0 Å². The number of urea groups is 1. The van der Waals surface area contributed by atoms with Crippen molar-refractivity contribution in [2.75, 3.05) is 11.9 Å². The minimum absolute atomic E-state index is 0.0348. The van der Waals surface area contributed by atoms with Gasteiger partial charge in [0.25, 0.3) is 0 Å². The van der Waals surface area contributed by atoms with Crippen molar-refractivity contribution >= 4 is 31.7 Å². The van der Waals surface area contributed by atoms with Crippen LogP contribution in [-0.4, -0.2) is 35.5 Å². The van der Waals surface area contributed by atoms with Gasteiger partial charge in [0.15, 0.2) is 9.92 Å². The number of hydrogen-bond acceptors (Lipinski definition) is 7. The predicted octanol–water partition coefficient (Wildman–Crippen LogP) is 3.89. The summed E-state index contributed by atoms with van der Waals surface area (Å²) in [7, 11) is -7.69. The third-order valence-corrected chi connectivity index (χ3v) is 10.8. The number of nitriles is 2. The Morgan fingerprint density at radius 2 is 1.72 bits per heavy atom. The lowest BCUT2D eigenvalue weighted by Gasteiger charge is -2.22. The Balaban J connectivity index is 1.37. The monoisotopic (exact) mass is 564 g/mol. The molecule has 1 saturated heterocycles. The number of nitrogens with zero attached hydrogens (tertiary/aromatic N) is 4. The van der Waals surface area contributed by atoms with Gasteiger partial charge in [0.2, 0.25) is 16.2 Å². The maximum absolute atomic E-state index is 13.5. The van der Waals surface area contributed by atoms with Gasteiger partial charge in [0.05, 0.1) is 10.5 Å². The summed E-state index contributed by atoms with van der Waals surface area (Å²) in [5.41, 5.74) is 5.47. The number of sulfonamides is 1. The second-order valence-corrected chi connectivity index (χ2v) is 13.5. The van der Waals surface area contributed by atoms with Gasteiger partial charge >= 0.3 is 6.03 Å². The number of amides is 2. The molecule has 2 aromatic rings. The summed E-state index contributed by atoms with van der Waals surface area (Å²) in [6.45, 7) is 0.214. The average molecular weight is 565 g/mol. The normalized spacial score (nSPS) is 20.0. The first-order chi connectivity index (χ1) is 18.8. The molecule has 0 spiro atoms. The smallest absolute Gasteiger partial charge is 0.307 e. The molecule has 0 aromatic heterocycles. The Morgan fingerprint density at radius 3 is 2.38 bits per heavy atom. The van der Waals surface area contributed by atoms with Gasteiger partial charge in [-0.3, -0.25) is 0 Å². The maximum Gasteiger partial charge on any atom is 0.331 e. The highest BCUT2D eigenvalue weighted by Gasteiger charge is 2.35. The summed E-state index contributed by atoms with van der Waals surface area (Å²) in [5.74, 6) is 0. The summed E-state index contributed by atoms with van der Waals surface area (Å²) in [4.78, 5) is 12.9. The van der Waals surface area contributed by atoms with E-state index in [1.54, 1.807) is 12.1 Å². The van der Waals surface area contributed by atoms with Crippen molar-refractivity contribution in [2.45, 2.75) is 62.3 Å². The van der Waals surface area contributed by atoms with Crippen LogP contribution in [0.15, 0.2) is 51.1 Å². The molecule has 2 aliphatic carbocycles. The molecule has 1 fully saturated rings. The lowest BCUT2D eigenvalue weighted by Crippen LogP contribution is -2.36. The Hall–Kier alpha value is -3.71. The zero-order chi connectivity index (χ0) is 27.6. The van der Waals surface area contributed by atoms with Crippen LogP contribution in [0.25, 0.3) is 0 Å². The number of aryl methyl sites for hydroxylation is 2. The van der Waals surface area contributed by atoms with Crippen LogP contribution < -0.4 is 10.0 Å². The Kier molecular flexibility index (Phi) is 7.45. The molecule has 1 aliphatic heterocycles. The summed E-state index contributed by atoms with van der Waals surface area (Å²) >= 11 is 0. The molecule has 1 unspecified atom stereocenters.